The molecule has 0 fully saturated rings. The van der Waals surface area contributed by atoms with Crippen LogP contribution in [0.3, 0.4) is 0 Å². The molecule has 1 aliphatic carbocycles. The quantitative estimate of drug-likeness (QED) is 0.821. The maximum Gasteiger partial charge on any atom is 0.303 e. The predicted octanol–water partition coefficient (Wildman–Crippen LogP) is 2.50. The van der Waals surface area contributed by atoms with Gasteiger partial charge in [0.05, 0.1) is 0 Å². The molecular formula is C13H16O2. The third-order valence-electron chi connectivity index (χ3n) is 3.22. The molecule has 2 nitrogen and oxygen atoms in total. The Balaban J connectivity index is 2.25. The highest BCUT2D eigenvalue weighted by Crippen LogP contribution is 2.28. The van der Waals surface area contributed by atoms with Crippen LogP contribution in [-0.4, -0.2) is 11.1 Å². The number of fused-ring (bicyclic) bond motifs is 1. The molecule has 0 aromatic heterocycles. The molecule has 0 bridgehead atoms. The molecule has 1 N–H and O–H groups in total. The molecule has 80 valence electrons. The molecule has 1 aliphatic rings. The summed E-state index contributed by atoms with van der Waals surface area (Å²) in [4.78, 5) is 10.5. The predicted molar refractivity (Wildman–Crippen MR) is 59.2 cm³/mol. The second-order valence-electron chi connectivity index (χ2n) is 4.25. The van der Waals surface area contributed by atoms with Crippen molar-refractivity contribution in [1.82, 2.24) is 0 Å². The van der Waals surface area contributed by atoms with Gasteiger partial charge in [-0.15, -0.1) is 0 Å². The molecule has 0 spiro atoms. The van der Waals surface area contributed by atoms with Gasteiger partial charge in [0.25, 0.3) is 0 Å². The van der Waals surface area contributed by atoms with Gasteiger partial charge in [-0.1, -0.05) is 12.1 Å². The Morgan fingerprint density at radius 1 is 1.33 bits per heavy atom. The van der Waals surface area contributed by atoms with Gasteiger partial charge in [0.15, 0.2) is 0 Å². The molecule has 2 heteroatoms. The Morgan fingerprint density at radius 2 is 2.07 bits per heavy atom. The molecule has 0 amide bonds. The van der Waals surface area contributed by atoms with E-state index in [1.54, 1.807) is 0 Å². The van der Waals surface area contributed by atoms with Crippen LogP contribution >= 0.6 is 0 Å². The Morgan fingerprint density at radius 3 is 2.80 bits per heavy atom. The zero-order valence-electron chi connectivity index (χ0n) is 9.05. The number of carboxylic acid groups (broad SMARTS) is 1. The fourth-order valence-corrected chi connectivity index (χ4v) is 2.44. The highest BCUT2D eigenvalue weighted by molar-refractivity contribution is 5.67. The zero-order valence-corrected chi connectivity index (χ0v) is 9.05. The summed E-state index contributed by atoms with van der Waals surface area (Å²) in [6.07, 6.45) is 4.45. The number of rotatable bonds is 3. The van der Waals surface area contributed by atoms with E-state index >= 15 is 0 Å². The first-order valence-electron chi connectivity index (χ1n) is 5.50. The van der Waals surface area contributed by atoms with Crippen LogP contribution in [-0.2, 0) is 24.1 Å². The maximum atomic E-state index is 10.5. The summed E-state index contributed by atoms with van der Waals surface area (Å²) in [5.74, 6) is -0.706. The third kappa shape index (κ3) is 2.04. The topological polar surface area (TPSA) is 37.3 Å². The largest absolute Gasteiger partial charge is 0.481 e. The van der Waals surface area contributed by atoms with Gasteiger partial charge in [-0.2, -0.15) is 0 Å². The minimum atomic E-state index is -0.706. The summed E-state index contributed by atoms with van der Waals surface area (Å²) in [5.41, 5.74) is 5.51. The van der Waals surface area contributed by atoms with E-state index in [1.807, 2.05) is 0 Å². The monoisotopic (exact) mass is 204 g/mol. The number of carbonyl (C=O) groups is 1. The fraction of sp³-hybridized carbons (Fsp3) is 0.462. The van der Waals surface area contributed by atoms with E-state index < -0.39 is 5.97 Å². The first kappa shape index (κ1) is 10.2. The summed E-state index contributed by atoms with van der Waals surface area (Å²) in [7, 11) is 0. The van der Waals surface area contributed by atoms with Crippen molar-refractivity contribution in [2.45, 2.75) is 39.0 Å². The van der Waals surface area contributed by atoms with E-state index in [-0.39, 0.29) is 6.42 Å². The fourth-order valence-electron chi connectivity index (χ4n) is 2.44. The van der Waals surface area contributed by atoms with Crippen molar-refractivity contribution in [2.24, 2.45) is 0 Å². The van der Waals surface area contributed by atoms with E-state index in [0.717, 1.165) is 6.42 Å². The number of aryl methyl sites for hydroxylation is 2. The van der Waals surface area contributed by atoms with Gasteiger partial charge in [0.2, 0.25) is 0 Å². The molecule has 0 saturated carbocycles. The SMILES string of the molecule is Cc1ccc(CCC(=O)O)c2c1CCC2. The van der Waals surface area contributed by atoms with E-state index in [0.29, 0.717) is 6.42 Å². The minimum absolute atomic E-state index is 0.246. The molecule has 15 heavy (non-hydrogen) atoms. The van der Waals surface area contributed by atoms with Crippen LogP contribution < -0.4 is 0 Å². The van der Waals surface area contributed by atoms with Crippen molar-refractivity contribution in [2.75, 3.05) is 0 Å². The van der Waals surface area contributed by atoms with E-state index in [2.05, 4.69) is 19.1 Å². The number of hydrogen-bond donors (Lipinski definition) is 1. The molecule has 0 heterocycles. The minimum Gasteiger partial charge on any atom is -0.481 e. The van der Waals surface area contributed by atoms with Crippen LogP contribution in [0.1, 0.15) is 35.1 Å². The molecule has 0 radical (unpaired) electrons. The van der Waals surface area contributed by atoms with Gasteiger partial charge in [-0.3, -0.25) is 4.79 Å². The van der Waals surface area contributed by atoms with Gasteiger partial charge in [-0.25, -0.2) is 0 Å². The Bertz CT molecular complexity index is 394. The lowest BCUT2D eigenvalue weighted by atomic mass is 9.96. The van der Waals surface area contributed by atoms with Crippen molar-refractivity contribution in [3.05, 3.63) is 34.4 Å². The molecule has 2 rings (SSSR count). The second-order valence-corrected chi connectivity index (χ2v) is 4.25. The molecule has 0 saturated heterocycles. The van der Waals surface area contributed by atoms with Crippen molar-refractivity contribution in [3.63, 3.8) is 0 Å². The molecular weight excluding hydrogens is 188 g/mol. The normalized spacial score (nSPS) is 13.9. The first-order chi connectivity index (χ1) is 7.18. The second kappa shape index (κ2) is 4.05. The van der Waals surface area contributed by atoms with Crippen LogP contribution in [0.25, 0.3) is 0 Å². The standard InChI is InChI=1S/C13H16O2/c1-9-5-6-10(7-8-13(14)15)12-4-2-3-11(9)12/h5-6H,2-4,7-8H2,1H3,(H,14,15). The number of benzene rings is 1. The van der Waals surface area contributed by atoms with Crippen LogP contribution in [0, 0.1) is 6.92 Å². The molecule has 0 unspecified atom stereocenters. The summed E-state index contributed by atoms with van der Waals surface area (Å²) in [6, 6.07) is 4.23. The van der Waals surface area contributed by atoms with E-state index in [1.165, 1.54) is 35.1 Å². The zero-order chi connectivity index (χ0) is 10.8. The highest BCUT2D eigenvalue weighted by Gasteiger charge is 2.16. The average molecular weight is 204 g/mol. The first-order valence-corrected chi connectivity index (χ1v) is 5.50. The van der Waals surface area contributed by atoms with Gasteiger partial charge >= 0.3 is 5.97 Å². The summed E-state index contributed by atoms with van der Waals surface area (Å²) in [5, 5.41) is 8.68. The van der Waals surface area contributed by atoms with Gasteiger partial charge < -0.3 is 5.11 Å². The summed E-state index contributed by atoms with van der Waals surface area (Å²) >= 11 is 0. The van der Waals surface area contributed by atoms with Gasteiger partial charge in [-0.05, 0) is 54.9 Å². The van der Waals surface area contributed by atoms with E-state index in [9.17, 15) is 4.79 Å². The van der Waals surface area contributed by atoms with Crippen molar-refractivity contribution in [1.29, 1.82) is 0 Å². The lowest BCUT2D eigenvalue weighted by molar-refractivity contribution is -0.136. The van der Waals surface area contributed by atoms with Crippen LogP contribution in [0.5, 0.6) is 0 Å². The highest BCUT2D eigenvalue weighted by atomic mass is 16.4. The smallest absolute Gasteiger partial charge is 0.303 e. The molecule has 0 aliphatic heterocycles. The Labute approximate surface area is 89.9 Å². The molecule has 1 aromatic rings. The van der Waals surface area contributed by atoms with Gasteiger partial charge in [0, 0.05) is 6.42 Å². The van der Waals surface area contributed by atoms with Crippen molar-refractivity contribution >= 4 is 5.97 Å². The van der Waals surface area contributed by atoms with Crippen LogP contribution in [0.4, 0.5) is 0 Å². The van der Waals surface area contributed by atoms with Crippen molar-refractivity contribution < 1.29 is 9.90 Å². The average Bonchev–Trinajstić information content (AvgIpc) is 2.66. The number of aliphatic carboxylic acids is 1. The van der Waals surface area contributed by atoms with E-state index in [4.69, 9.17) is 5.11 Å². The lowest BCUT2D eigenvalue weighted by Crippen LogP contribution is -2.01. The molecule has 0 atom stereocenters. The number of carboxylic acids is 1. The molecule has 1 aromatic carbocycles. The summed E-state index contributed by atoms with van der Waals surface area (Å²) < 4.78 is 0. The Kier molecular flexibility index (Phi) is 2.76. The Hall–Kier alpha value is -1.31. The lowest BCUT2D eigenvalue weighted by Gasteiger charge is -2.09. The van der Waals surface area contributed by atoms with Gasteiger partial charge in [0.1, 0.15) is 0 Å². The maximum absolute atomic E-state index is 10.5. The van der Waals surface area contributed by atoms with Crippen LogP contribution in [0.2, 0.25) is 0 Å². The van der Waals surface area contributed by atoms with Crippen LogP contribution in [0.15, 0.2) is 12.1 Å². The summed E-state index contributed by atoms with van der Waals surface area (Å²) in [6.45, 7) is 2.14. The number of hydrogen-bond acceptors (Lipinski definition) is 1. The third-order valence-corrected chi connectivity index (χ3v) is 3.22. The van der Waals surface area contributed by atoms with Crippen molar-refractivity contribution in [3.8, 4) is 0 Å².